The maximum Gasteiger partial charge on any atom is 0.210 e. The van der Waals surface area contributed by atoms with E-state index in [1.54, 1.807) is 0 Å². The van der Waals surface area contributed by atoms with Crippen molar-refractivity contribution in [3.8, 4) is 16.8 Å². The number of para-hydroxylation sites is 1. The average molecular weight is 233 g/mol. The molecule has 0 fully saturated rings. The van der Waals surface area contributed by atoms with E-state index < -0.39 is 0 Å². The molecule has 0 saturated carbocycles. The zero-order valence-corrected chi connectivity index (χ0v) is 9.90. The molecule has 0 bridgehead atoms. The molecule has 0 spiro atoms. The predicted octanol–water partition coefficient (Wildman–Crippen LogP) is 3.03. The summed E-state index contributed by atoms with van der Waals surface area (Å²) in [5.74, 6) is 0. The number of aromatic nitrogens is 2. The monoisotopic (exact) mass is 233 g/mol. The van der Waals surface area contributed by atoms with Crippen molar-refractivity contribution in [1.82, 2.24) is 4.98 Å². The van der Waals surface area contributed by atoms with Gasteiger partial charge in [0.2, 0.25) is 5.69 Å². The number of hydrogen-bond donors (Lipinski definition) is 0. The summed E-state index contributed by atoms with van der Waals surface area (Å²) in [4.78, 5) is 4.03. The highest BCUT2D eigenvalue weighted by atomic mass is 14.9. The molecule has 0 aliphatic carbocycles. The average Bonchev–Trinajstić information content (AvgIpc) is 2.49. The van der Waals surface area contributed by atoms with E-state index >= 15 is 0 Å². The zero-order chi connectivity index (χ0) is 12.2. The molecule has 0 radical (unpaired) electrons. The first kappa shape index (κ1) is 10.7. The van der Waals surface area contributed by atoms with E-state index in [1.165, 1.54) is 16.8 Å². The third-order valence-electron chi connectivity index (χ3n) is 2.90. The van der Waals surface area contributed by atoms with Crippen LogP contribution in [0.2, 0.25) is 0 Å². The molecule has 0 saturated heterocycles. The van der Waals surface area contributed by atoms with Gasteiger partial charge >= 0.3 is 0 Å². The molecule has 3 rings (SSSR count). The molecule has 0 N–H and O–H groups in total. The van der Waals surface area contributed by atoms with Crippen LogP contribution in [0.15, 0.2) is 79.4 Å². The van der Waals surface area contributed by atoms with E-state index in [2.05, 4.69) is 46.2 Å². The molecule has 2 nitrogen and oxygen atoms in total. The van der Waals surface area contributed by atoms with Gasteiger partial charge in [0.1, 0.15) is 0 Å². The Bertz CT molecular complexity index is 558. The highest BCUT2D eigenvalue weighted by molar-refractivity contribution is 5.61. The Labute approximate surface area is 106 Å². The van der Waals surface area contributed by atoms with Gasteiger partial charge in [-0.2, -0.15) is 4.57 Å². The molecule has 18 heavy (non-hydrogen) atoms. The van der Waals surface area contributed by atoms with Gasteiger partial charge in [-0.1, -0.05) is 18.2 Å². The molecule has 0 amide bonds. The van der Waals surface area contributed by atoms with Crippen LogP contribution < -0.4 is 4.57 Å². The fraction of sp³-hybridized carbons (Fsp3) is 0. The first-order valence-corrected chi connectivity index (χ1v) is 5.91. The predicted molar refractivity (Wildman–Crippen MR) is 71.2 cm³/mol. The molecule has 2 heterocycles. The first-order valence-electron chi connectivity index (χ1n) is 5.91. The number of pyridine rings is 2. The second kappa shape index (κ2) is 4.80. The second-order valence-electron chi connectivity index (χ2n) is 4.07. The van der Waals surface area contributed by atoms with Crippen LogP contribution in [0, 0.1) is 0 Å². The largest absolute Gasteiger partial charge is 0.265 e. The van der Waals surface area contributed by atoms with Crippen molar-refractivity contribution in [2.45, 2.75) is 0 Å². The quantitative estimate of drug-likeness (QED) is 0.622. The Morgan fingerprint density at radius 3 is 1.94 bits per heavy atom. The molecule has 1 aromatic carbocycles. The van der Waals surface area contributed by atoms with Gasteiger partial charge in [0, 0.05) is 36.7 Å². The van der Waals surface area contributed by atoms with Gasteiger partial charge in [0.25, 0.3) is 0 Å². The number of nitrogens with zero attached hydrogens (tertiary/aromatic N) is 2. The summed E-state index contributed by atoms with van der Waals surface area (Å²) in [7, 11) is 0. The van der Waals surface area contributed by atoms with Crippen LogP contribution >= 0.6 is 0 Å². The van der Waals surface area contributed by atoms with E-state index in [1.807, 2.05) is 42.7 Å². The smallest absolute Gasteiger partial charge is 0.210 e. The molecule has 3 aromatic rings. The summed E-state index contributed by atoms with van der Waals surface area (Å²) in [6.45, 7) is 0. The van der Waals surface area contributed by atoms with Crippen LogP contribution in [0.3, 0.4) is 0 Å². The van der Waals surface area contributed by atoms with E-state index in [0.717, 1.165) is 0 Å². The fourth-order valence-corrected chi connectivity index (χ4v) is 1.94. The van der Waals surface area contributed by atoms with Crippen LogP contribution in [0.5, 0.6) is 0 Å². The van der Waals surface area contributed by atoms with Gasteiger partial charge in [-0.15, -0.1) is 0 Å². The van der Waals surface area contributed by atoms with E-state index in [4.69, 9.17) is 0 Å². The molecular formula is C16H13N2+. The highest BCUT2D eigenvalue weighted by Gasteiger charge is 2.04. The lowest BCUT2D eigenvalue weighted by atomic mass is 10.1. The Balaban J connectivity index is 1.95. The summed E-state index contributed by atoms with van der Waals surface area (Å²) in [6.07, 6.45) is 7.78. The van der Waals surface area contributed by atoms with Gasteiger partial charge in [-0.05, 0) is 23.3 Å². The van der Waals surface area contributed by atoms with E-state index in [-0.39, 0.29) is 0 Å². The van der Waals surface area contributed by atoms with Crippen molar-refractivity contribution in [3.05, 3.63) is 79.4 Å². The Kier molecular flexibility index (Phi) is 2.84. The van der Waals surface area contributed by atoms with Crippen LogP contribution in [-0.4, -0.2) is 4.98 Å². The Hall–Kier alpha value is -2.48. The van der Waals surface area contributed by atoms with Crippen molar-refractivity contribution in [2.75, 3.05) is 0 Å². The first-order chi connectivity index (χ1) is 8.93. The Morgan fingerprint density at radius 2 is 1.28 bits per heavy atom. The van der Waals surface area contributed by atoms with Gasteiger partial charge in [-0.3, -0.25) is 4.98 Å². The third kappa shape index (κ3) is 2.13. The lowest BCUT2D eigenvalue weighted by Gasteiger charge is -2.00. The summed E-state index contributed by atoms with van der Waals surface area (Å²) < 4.78 is 2.10. The number of hydrogen-bond acceptors (Lipinski definition) is 1. The maximum absolute atomic E-state index is 4.03. The third-order valence-corrected chi connectivity index (χ3v) is 2.90. The fourth-order valence-electron chi connectivity index (χ4n) is 1.94. The van der Waals surface area contributed by atoms with E-state index in [0.29, 0.717) is 0 Å². The van der Waals surface area contributed by atoms with Crippen LogP contribution in [0.4, 0.5) is 0 Å². The lowest BCUT2D eigenvalue weighted by molar-refractivity contribution is -0.595. The maximum atomic E-state index is 4.03. The molecular weight excluding hydrogens is 220 g/mol. The number of rotatable bonds is 2. The van der Waals surface area contributed by atoms with Crippen LogP contribution in [0.1, 0.15) is 0 Å². The normalized spacial score (nSPS) is 10.2. The molecule has 0 aliphatic rings. The van der Waals surface area contributed by atoms with E-state index in [9.17, 15) is 0 Å². The Morgan fingerprint density at radius 1 is 0.667 bits per heavy atom. The summed E-state index contributed by atoms with van der Waals surface area (Å²) >= 11 is 0. The summed E-state index contributed by atoms with van der Waals surface area (Å²) in [5, 5.41) is 0. The van der Waals surface area contributed by atoms with Crippen molar-refractivity contribution < 1.29 is 4.57 Å². The standard InChI is InChI=1S/C16H13N2/c1-2-4-16(5-3-1)18-12-8-15(9-13-18)14-6-10-17-11-7-14/h1-13H/q+1. The minimum absolute atomic E-state index is 1.17. The molecule has 0 unspecified atom stereocenters. The van der Waals surface area contributed by atoms with Crippen molar-refractivity contribution >= 4 is 0 Å². The summed E-state index contributed by atoms with van der Waals surface area (Å²) in [5.41, 5.74) is 3.55. The SMILES string of the molecule is c1ccc(-[n+]2ccc(-c3ccncc3)cc2)cc1. The number of benzene rings is 1. The van der Waals surface area contributed by atoms with Gasteiger partial charge in [0.05, 0.1) is 0 Å². The molecule has 2 aromatic heterocycles. The van der Waals surface area contributed by atoms with Crippen LogP contribution in [0.25, 0.3) is 16.8 Å². The van der Waals surface area contributed by atoms with Crippen LogP contribution in [-0.2, 0) is 0 Å². The lowest BCUT2D eigenvalue weighted by Crippen LogP contribution is -2.28. The van der Waals surface area contributed by atoms with Crippen molar-refractivity contribution in [3.63, 3.8) is 0 Å². The topological polar surface area (TPSA) is 16.8 Å². The molecule has 86 valence electrons. The second-order valence-corrected chi connectivity index (χ2v) is 4.07. The van der Waals surface area contributed by atoms with Gasteiger partial charge in [0.15, 0.2) is 12.4 Å². The zero-order valence-electron chi connectivity index (χ0n) is 9.90. The molecule has 0 aliphatic heterocycles. The van der Waals surface area contributed by atoms with Crippen molar-refractivity contribution in [1.29, 1.82) is 0 Å². The molecule has 2 heteroatoms. The van der Waals surface area contributed by atoms with Gasteiger partial charge in [-0.25, -0.2) is 0 Å². The molecule has 0 atom stereocenters. The minimum atomic E-state index is 1.17. The van der Waals surface area contributed by atoms with Crippen molar-refractivity contribution in [2.24, 2.45) is 0 Å². The summed E-state index contributed by atoms with van der Waals surface area (Å²) in [6, 6.07) is 18.5. The van der Waals surface area contributed by atoms with Gasteiger partial charge < -0.3 is 0 Å². The minimum Gasteiger partial charge on any atom is -0.265 e. The highest BCUT2D eigenvalue weighted by Crippen LogP contribution is 2.16.